The quantitative estimate of drug-likeness (QED) is 0.914. The van der Waals surface area contributed by atoms with Crippen LogP contribution >= 0.6 is 0 Å². The Morgan fingerprint density at radius 1 is 1.35 bits per heavy atom. The number of nitrogens with one attached hydrogen (secondary N) is 1. The van der Waals surface area contributed by atoms with Crippen LogP contribution in [0.1, 0.15) is 31.7 Å². The largest absolute Gasteiger partial charge is 0.381 e. The van der Waals surface area contributed by atoms with Crippen molar-refractivity contribution in [3.8, 4) is 6.07 Å². The number of benzene rings is 1. The average molecular weight is 270 g/mol. The number of nitrogens with zero attached hydrogens (tertiary/aromatic N) is 1. The van der Waals surface area contributed by atoms with E-state index >= 15 is 0 Å². The van der Waals surface area contributed by atoms with Crippen LogP contribution in [0.15, 0.2) is 30.3 Å². The average Bonchev–Trinajstić information content (AvgIpc) is 2.97. The summed E-state index contributed by atoms with van der Waals surface area (Å²) in [5, 5.41) is 13.2. The highest BCUT2D eigenvalue weighted by molar-refractivity contribution is 5.36. The van der Waals surface area contributed by atoms with Crippen LogP contribution < -0.4 is 5.32 Å². The van der Waals surface area contributed by atoms with Gasteiger partial charge in [-0.1, -0.05) is 30.3 Å². The van der Waals surface area contributed by atoms with Crippen LogP contribution in [0.2, 0.25) is 0 Å². The minimum absolute atomic E-state index is 0.273. The van der Waals surface area contributed by atoms with Gasteiger partial charge in [-0.2, -0.15) is 5.26 Å². The van der Waals surface area contributed by atoms with Crippen molar-refractivity contribution in [2.24, 2.45) is 5.92 Å². The third-order valence-electron chi connectivity index (χ3n) is 4.90. The summed E-state index contributed by atoms with van der Waals surface area (Å²) in [7, 11) is 0. The predicted molar refractivity (Wildman–Crippen MR) is 78.3 cm³/mol. The van der Waals surface area contributed by atoms with E-state index in [1.54, 1.807) is 0 Å². The van der Waals surface area contributed by atoms with Crippen LogP contribution in [0.5, 0.6) is 0 Å². The molecule has 1 saturated carbocycles. The molecule has 0 aromatic heterocycles. The number of hydrogen-bond donors (Lipinski definition) is 1. The molecule has 20 heavy (non-hydrogen) atoms. The Balaban J connectivity index is 1.58. The fourth-order valence-electron chi connectivity index (χ4n) is 3.50. The van der Waals surface area contributed by atoms with Crippen molar-refractivity contribution in [2.75, 3.05) is 13.2 Å². The Morgan fingerprint density at radius 3 is 2.70 bits per heavy atom. The molecule has 1 aliphatic carbocycles. The zero-order valence-corrected chi connectivity index (χ0v) is 12.0. The molecule has 3 heteroatoms. The first kappa shape index (κ1) is 13.6. The molecule has 2 aliphatic rings. The van der Waals surface area contributed by atoms with Gasteiger partial charge in [0.1, 0.15) is 0 Å². The van der Waals surface area contributed by atoms with Gasteiger partial charge in [-0.15, -0.1) is 0 Å². The van der Waals surface area contributed by atoms with Crippen molar-refractivity contribution in [1.82, 2.24) is 5.32 Å². The van der Waals surface area contributed by atoms with Gasteiger partial charge in [0.25, 0.3) is 0 Å². The van der Waals surface area contributed by atoms with Gasteiger partial charge in [0.15, 0.2) is 0 Å². The highest BCUT2D eigenvalue weighted by atomic mass is 16.5. The summed E-state index contributed by atoms with van der Waals surface area (Å²) in [6, 6.07) is 13.7. The highest BCUT2D eigenvalue weighted by Gasteiger charge is 2.46. The maximum atomic E-state index is 9.56. The fraction of sp³-hybridized carbons (Fsp3) is 0.588. The maximum absolute atomic E-state index is 9.56. The second-order valence-electron chi connectivity index (χ2n) is 6.24. The molecule has 2 atom stereocenters. The van der Waals surface area contributed by atoms with Crippen LogP contribution in [0.4, 0.5) is 0 Å². The van der Waals surface area contributed by atoms with Crippen molar-refractivity contribution >= 4 is 0 Å². The van der Waals surface area contributed by atoms with E-state index < -0.39 is 0 Å². The van der Waals surface area contributed by atoms with Gasteiger partial charge in [0.2, 0.25) is 0 Å². The summed E-state index contributed by atoms with van der Waals surface area (Å²) in [6.45, 7) is 4.02. The van der Waals surface area contributed by atoms with Crippen molar-refractivity contribution in [2.45, 2.75) is 43.7 Å². The van der Waals surface area contributed by atoms with E-state index in [1.165, 1.54) is 0 Å². The lowest BCUT2D eigenvalue weighted by Crippen LogP contribution is -2.54. The lowest BCUT2D eigenvalue weighted by Gasteiger charge is -2.45. The first-order valence-electron chi connectivity index (χ1n) is 7.54. The molecule has 3 nitrogen and oxygen atoms in total. The SMILES string of the molecule is CC(NC1CC(C#N)(c2ccccc2)C1)C1CCOC1. The van der Waals surface area contributed by atoms with E-state index in [2.05, 4.69) is 30.4 Å². The zero-order chi connectivity index (χ0) is 14.0. The number of rotatable bonds is 4. The van der Waals surface area contributed by atoms with Crippen molar-refractivity contribution < 1.29 is 4.74 Å². The topological polar surface area (TPSA) is 45.0 Å². The van der Waals surface area contributed by atoms with Crippen LogP contribution in [-0.2, 0) is 10.2 Å². The smallest absolute Gasteiger partial charge is 0.0852 e. The molecule has 0 bridgehead atoms. The van der Waals surface area contributed by atoms with Crippen LogP contribution in [-0.4, -0.2) is 25.3 Å². The molecule has 0 spiro atoms. The van der Waals surface area contributed by atoms with Gasteiger partial charge in [0, 0.05) is 18.7 Å². The molecule has 1 heterocycles. The third kappa shape index (κ3) is 2.46. The second-order valence-corrected chi connectivity index (χ2v) is 6.24. The van der Waals surface area contributed by atoms with E-state index in [4.69, 9.17) is 4.74 Å². The van der Waals surface area contributed by atoms with Crippen molar-refractivity contribution in [1.29, 1.82) is 5.26 Å². The Kier molecular flexibility index (Phi) is 3.78. The molecule has 1 aromatic rings. The Morgan fingerprint density at radius 2 is 2.10 bits per heavy atom. The molecule has 1 aromatic carbocycles. The van der Waals surface area contributed by atoms with Gasteiger partial charge in [-0.05, 0) is 37.7 Å². The highest BCUT2D eigenvalue weighted by Crippen LogP contribution is 2.43. The van der Waals surface area contributed by atoms with E-state index in [1.807, 2.05) is 18.2 Å². The van der Waals surface area contributed by atoms with Gasteiger partial charge < -0.3 is 10.1 Å². The lowest BCUT2D eigenvalue weighted by atomic mass is 9.62. The summed E-state index contributed by atoms with van der Waals surface area (Å²) < 4.78 is 5.45. The summed E-state index contributed by atoms with van der Waals surface area (Å²) >= 11 is 0. The molecule has 3 rings (SSSR count). The summed E-state index contributed by atoms with van der Waals surface area (Å²) in [5.41, 5.74) is 0.891. The van der Waals surface area contributed by atoms with Crippen molar-refractivity contribution in [3.05, 3.63) is 35.9 Å². The number of ether oxygens (including phenoxy) is 1. The first-order chi connectivity index (χ1) is 9.73. The molecular formula is C17H22N2O. The van der Waals surface area contributed by atoms with Gasteiger partial charge in [-0.3, -0.25) is 0 Å². The Labute approximate surface area is 120 Å². The van der Waals surface area contributed by atoms with E-state index in [9.17, 15) is 5.26 Å². The molecule has 1 aliphatic heterocycles. The van der Waals surface area contributed by atoms with Crippen LogP contribution in [0.3, 0.4) is 0 Å². The van der Waals surface area contributed by atoms with Gasteiger partial charge in [0.05, 0.1) is 18.1 Å². The maximum Gasteiger partial charge on any atom is 0.0852 e. The molecule has 106 valence electrons. The van der Waals surface area contributed by atoms with Crippen LogP contribution in [0.25, 0.3) is 0 Å². The van der Waals surface area contributed by atoms with Gasteiger partial charge >= 0.3 is 0 Å². The lowest BCUT2D eigenvalue weighted by molar-refractivity contribution is 0.161. The normalized spacial score (nSPS) is 34.2. The van der Waals surface area contributed by atoms with Crippen LogP contribution in [0, 0.1) is 17.2 Å². The second kappa shape index (κ2) is 5.55. The van der Waals surface area contributed by atoms with Gasteiger partial charge in [-0.25, -0.2) is 0 Å². The number of hydrogen-bond acceptors (Lipinski definition) is 3. The minimum Gasteiger partial charge on any atom is -0.381 e. The molecule has 1 N–H and O–H groups in total. The molecule has 2 fully saturated rings. The van der Waals surface area contributed by atoms with E-state index in [0.29, 0.717) is 18.0 Å². The Bertz CT molecular complexity index is 481. The Hall–Kier alpha value is -1.37. The molecule has 1 saturated heterocycles. The summed E-state index contributed by atoms with van der Waals surface area (Å²) in [6.07, 6.45) is 3.00. The van der Waals surface area contributed by atoms with E-state index in [0.717, 1.165) is 38.0 Å². The third-order valence-corrected chi connectivity index (χ3v) is 4.90. The number of nitriles is 1. The molecule has 0 radical (unpaired) electrons. The van der Waals surface area contributed by atoms with Crippen molar-refractivity contribution in [3.63, 3.8) is 0 Å². The zero-order valence-electron chi connectivity index (χ0n) is 12.0. The minimum atomic E-state index is -0.273. The molecule has 2 unspecified atom stereocenters. The molecule has 0 amide bonds. The summed E-state index contributed by atoms with van der Waals surface area (Å²) in [4.78, 5) is 0. The first-order valence-corrected chi connectivity index (χ1v) is 7.54. The monoisotopic (exact) mass is 270 g/mol. The standard InChI is InChI=1S/C17H22N2O/c1-13(14-7-8-20-11-14)19-16-9-17(10-16,12-18)15-5-3-2-4-6-15/h2-6,13-14,16,19H,7-11H2,1H3. The fourth-order valence-corrected chi connectivity index (χ4v) is 3.50. The predicted octanol–water partition coefficient (Wildman–Crippen LogP) is 2.62. The van der Waals surface area contributed by atoms with E-state index in [-0.39, 0.29) is 5.41 Å². The molecular weight excluding hydrogens is 248 g/mol. The summed E-state index contributed by atoms with van der Waals surface area (Å²) in [5.74, 6) is 0.629.